The average Bonchev–Trinajstić information content (AvgIpc) is 3.20. The fourth-order valence-electron chi connectivity index (χ4n) is 3.47. The monoisotopic (exact) mass is 342 g/mol. The quantitative estimate of drug-likeness (QED) is 0.860. The van der Waals surface area contributed by atoms with E-state index in [1.54, 1.807) is 17.3 Å². The molecular weight excluding hydrogens is 316 g/mol. The van der Waals surface area contributed by atoms with Crippen LogP contribution in [0.15, 0.2) is 30.7 Å². The van der Waals surface area contributed by atoms with Crippen molar-refractivity contribution < 1.29 is 9.53 Å². The highest BCUT2D eigenvalue weighted by atomic mass is 16.5. The Kier molecular flexibility index (Phi) is 4.64. The zero-order valence-electron chi connectivity index (χ0n) is 15.6. The minimum absolute atomic E-state index is 0.00548. The first kappa shape index (κ1) is 17.6. The second kappa shape index (κ2) is 6.59. The summed E-state index contributed by atoms with van der Waals surface area (Å²) in [6.45, 7) is 8.82. The molecule has 0 bridgehead atoms. The molecule has 134 valence electrons. The van der Waals surface area contributed by atoms with Crippen molar-refractivity contribution in [3.8, 4) is 0 Å². The van der Waals surface area contributed by atoms with Crippen LogP contribution >= 0.6 is 0 Å². The van der Waals surface area contributed by atoms with Gasteiger partial charge in [-0.15, -0.1) is 0 Å². The van der Waals surface area contributed by atoms with Gasteiger partial charge in [0.25, 0.3) is 5.91 Å². The van der Waals surface area contributed by atoms with Crippen LogP contribution in [0.1, 0.15) is 54.9 Å². The fraction of sp³-hybridized carbons (Fsp3) is 0.526. The number of likely N-dealkylation sites (N-methyl/N-ethyl adjacent to an activating group) is 1. The lowest BCUT2D eigenvalue weighted by Gasteiger charge is -2.29. The zero-order valence-corrected chi connectivity index (χ0v) is 15.6. The summed E-state index contributed by atoms with van der Waals surface area (Å²) in [6, 6.07) is 3.89. The number of amides is 1. The van der Waals surface area contributed by atoms with Crippen LogP contribution in [0.3, 0.4) is 0 Å². The maximum atomic E-state index is 13.1. The molecule has 1 amide bonds. The Morgan fingerprint density at radius 1 is 1.36 bits per heavy atom. The smallest absolute Gasteiger partial charge is 0.257 e. The highest BCUT2D eigenvalue weighted by molar-refractivity contribution is 5.95. The molecule has 1 saturated heterocycles. The summed E-state index contributed by atoms with van der Waals surface area (Å²) in [5.74, 6) is -0.0163. The molecule has 0 N–H and O–H groups in total. The lowest BCUT2D eigenvalue weighted by molar-refractivity contribution is 0.0514. The van der Waals surface area contributed by atoms with Gasteiger partial charge in [0.2, 0.25) is 0 Å². The van der Waals surface area contributed by atoms with Gasteiger partial charge in [-0.1, -0.05) is 6.07 Å². The van der Waals surface area contributed by atoms with E-state index >= 15 is 0 Å². The lowest BCUT2D eigenvalue weighted by atomic mass is 10.0. The molecule has 25 heavy (non-hydrogen) atoms. The SMILES string of the molecule is Cc1c(C(=O)N(C)[C@H]2CCO[C@@H]2c2cccnc2)cnn1C(C)(C)C. The lowest BCUT2D eigenvalue weighted by Crippen LogP contribution is -2.39. The molecule has 6 nitrogen and oxygen atoms in total. The molecule has 0 unspecified atom stereocenters. The van der Waals surface area contributed by atoms with E-state index in [9.17, 15) is 4.79 Å². The van der Waals surface area contributed by atoms with Crippen LogP contribution in [0.5, 0.6) is 0 Å². The number of ether oxygens (including phenoxy) is 1. The Labute approximate surface area is 148 Å². The van der Waals surface area contributed by atoms with E-state index in [1.165, 1.54) is 0 Å². The standard InChI is InChI=1S/C19H26N4O2/c1-13-15(12-21-23(13)19(2,3)4)18(24)22(5)16-8-10-25-17(16)14-7-6-9-20-11-14/h6-7,9,11-12,16-17H,8,10H2,1-5H3/t16-,17+/m0/s1. The number of carbonyl (C=O) groups excluding carboxylic acids is 1. The molecule has 1 aliphatic heterocycles. The second-order valence-electron chi connectivity index (χ2n) is 7.58. The van der Waals surface area contributed by atoms with E-state index in [-0.39, 0.29) is 23.6 Å². The summed E-state index contributed by atoms with van der Waals surface area (Å²) < 4.78 is 7.79. The molecule has 3 rings (SSSR count). The molecule has 2 aromatic rings. The molecule has 0 spiro atoms. The highest BCUT2D eigenvalue weighted by Crippen LogP contribution is 2.33. The first-order valence-electron chi connectivity index (χ1n) is 8.64. The van der Waals surface area contributed by atoms with Crippen molar-refractivity contribution in [2.75, 3.05) is 13.7 Å². The van der Waals surface area contributed by atoms with Crippen molar-refractivity contribution >= 4 is 5.91 Å². The van der Waals surface area contributed by atoms with Crippen LogP contribution in [-0.2, 0) is 10.3 Å². The van der Waals surface area contributed by atoms with Crippen molar-refractivity contribution in [3.63, 3.8) is 0 Å². The largest absolute Gasteiger partial charge is 0.371 e. The van der Waals surface area contributed by atoms with Gasteiger partial charge in [0.1, 0.15) is 6.10 Å². The molecule has 6 heteroatoms. The van der Waals surface area contributed by atoms with E-state index in [1.807, 2.05) is 37.0 Å². The maximum absolute atomic E-state index is 13.1. The molecule has 2 atom stereocenters. The number of hydrogen-bond acceptors (Lipinski definition) is 4. The summed E-state index contributed by atoms with van der Waals surface area (Å²) in [7, 11) is 1.85. The van der Waals surface area contributed by atoms with Crippen LogP contribution < -0.4 is 0 Å². The van der Waals surface area contributed by atoms with E-state index in [2.05, 4.69) is 30.9 Å². The summed E-state index contributed by atoms with van der Waals surface area (Å²) in [5.41, 5.74) is 2.39. The van der Waals surface area contributed by atoms with E-state index < -0.39 is 0 Å². The summed E-state index contributed by atoms with van der Waals surface area (Å²) in [5, 5.41) is 4.42. The minimum atomic E-state index is -0.157. The van der Waals surface area contributed by atoms with Crippen molar-refractivity contribution in [2.45, 2.75) is 51.8 Å². The molecule has 1 aliphatic rings. The predicted octanol–water partition coefficient (Wildman–Crippen LogP) is 2.94. The van der Waals surface area contributed by atoms with Gasteiger partial charge in [-0.25, -0.2) is 0 Å². The van der Waals surface area contributed by atoms with Crippen molar-refractivity contribution in [3.05, 3.63) is 47.5 Å². The predicted molar refractivity (Wildman–Crippen MR) is 95.4 cm³/mol. The number of carbonyl (C=O) groups is 1. The molecule has 2 aromatic heterocycles. The Morgan fingerprint density at radius 2 is 2.12 bits per heavy atom. The van der Waals surface area contributed by atoms with Gasteiger partial charge in [-0.2, -0.15) is 5.10 Å². The first-order chi connectivity index (χ1) is 11.8. The van der Waals surface area contributed by atoms with Crippen LogP contribution in [0.2, 0.25) is 0 Å². The van der Waals surface area contributed by atoms with Gasteiger partial charge in [0.05, 0.1) is 23.3 Å². The van der Waals surface area contributed by atoms with E-state index in [4.69, 9.17) is 4.74 Å². The second-order valence-corrected chi connectivity index (χ2v) is 7.58. The number of pyridine rings is 1. The number of rotatable bonds is 3. The summed E-state index contributed by atoms with van der Waals surface area (Å²) in [4.78, 5) is 19.0. The molecule has 0 aliphatic carbocycles. The molecule has 0 saturated carbocycles. The molecule has 0 aromatic carbocycles. The van der Waals surface area contributed by atoms with Gasteiger partial charge < -0.3 is 9.64 Å². The third-order valence-electron chi connectivity index (χ3n) is 4.77. The molecule has 1 fully saturated rings. The Balaban J connectivity index is 1.84. The third-order valence-corrected chi connectivity index (χ3v) is 4.77. The van der Waals surface area contributed by atoms with Crippen LogP contribution in [-0.4, -0.2) is 45.3 Å². The number of hydrogen-bond donors (Lipinski definition) is 0. The Morgan fingerprint density at radius 3 is 2.72 bits per heavy atom. The van der Waals surface area contributed by atoms with Crippen LogP contribution in [0.25, 0.3) is 0 Å². The molecular formula is C19H26N4O2. The van der Waals surface area contributed by atoms with Gasteiger partial charge in [-0.05, 0) is 40.2 Å². The van der Waals surface area contributed by atoms with Gasteiger partial charge in [0, 0.05) is 37.3 Å². The Bertz CT molecular complexity index is 749. The number of nitrogens with zero attached hydrogens (tertiary/aromatic N) is 4. The van der Waals surface area contributed by atoms with Gasteiger partial charge >= 0.3 is 0 Å². The fourth-order valence-corrected chi connectivity index (χ4v) is 3.47. The molecule has 0 radical (unpaired) electrons. The van der Waals surface area contributed by atoms with Crippen molar-refractivity contribution in [1.29, 1.82) is 0 Å². The van der Waals surface area contributed by atoms with E-state index in [0.717, 1.165) is 17.7 Å². The van der Waals surface area contributed by atoms with E-state index in [0.29, 0.717) is 12.2 Å². The average molecular weight is 342 g/mol. The summed E-state index contributed by atoms with van der Waals surface area (Å²) in [6.07, 6.45) is 5.90. The maximum Gasteiger partial charge on any atom is 0.257 e. The van der Waals surface area contributed by atoms with Crippen LogP contribution in [0.4, 0.5) is 0 Å². The third kappa shape index (κ3) is 3.31. The normalized spacial score (nSPS) is 20.7. The topological polar surface area (TPSA) is 60.3 Å². The molecule has 3 heterocycles. The first-order valence-corrected chi connectivity index (χ1v) is 8.64. The van der Waals surface area contributed by atoms with Gasteiger partial charge in [-0.3, -0.25) is 14.5 Å². The van der Waals surface area contributed by atoms with Gasteiger partial charge in [0.15, 0.2) is 0 Å². The minimum Gasteiger partial charge on any atom is -0.371 e. The number of aromatic nitrogens is 3. The van der Waals surface area contributed by atoms with Crippen molar-refractivity contribution in [1.82, 2.24) is 19.7 Å². The van der Waals surface area contributed by atoms with Crippen LogP contribution in [0, 0.1) is 6.92 Å². The zero-order chi connectivity index (χ0) is 18.2. The van der Waals surface area contributed by atoms with Crippen molar-refractivity contribution in [2.24, 2.45) is 0 Å². The highest BCUT2D eigenvalue weighted by Gasteiger charge is 2.36. The Hall–Kier alpha value is -2.21. The summed E-state index contributed by atoms with van der Waals surface area (Å²) >= 11 is 0.